The smallest absolute Gasteiger partial charge is 0.251 e. The largest absolute Gasteiger partial charge is 0.467 e. The zero-order valence-corrected chi connectivity index (χ0v) is 11.9. The quantitative estimate of drug-likeness (QED) is 0.853. The third kappa shape index (κ3) is 4.80. The van der Waals surface area contributed by atoms with E-state index in [9.17, 15) is 9.59 Å². The number of carbonyl (C=O) groups is 2. The molecule has 0 bridgehead atoms. The normalized spacial score (nSPS) is 10.1. The van der Waals surface area contributed by atoms with Crippen LogP contribution in [0.3, 0.4) is 0 Å². The van der Waals surface area contributed by atoms with Crippen molar-refractivity contribution in [3.05, 3.63) is 59.5 Å². The Balaban J connectivity index is 1.69. The zero-order valence-electron chi connectivity index (χ0n) is 11.9. The molecule has 0 spiro atoms. The van der Waals surface area contributed by atoms with Crippen molar-refractivity contribution in [2.75, 3.05) is 6.54 Å². The highest BCUT2D eigenvalue weighted by Crippen LogP contribution is 2.03. The summed E-state index contributed by atoms with van der Waals surface area (Å²) < 4.78 is 5.11. The summed E-state index contributed by atoms with van der Waals surface area (Å²) in [6, 6.07) is 10.9. The van der Waals surface area contributed by atoms with Gasteiger partial charge in [-0.25, -0.2) is 0 Å². The van der Waals surface area contributed by atoms with Gasteiger partial charge in [-0.15, -0.1) is 0 Å². The molecule has 1 aromatic heterocycles. The molecule has 0 aliphatic carbocycles. The molecule has 1 aromatic carbocycles. The SMILES string of the molecule is Cc1cccc(C(=O)NCCC(=O)NCc2ccco2)c1. The van der Waals surface area contributed by atoms with Gasteiger partial charge in [-0.05, 0) is 31.2 Å². The predicted octanol–water partition coefficient (Wildman–Crippen LogP) is 2.02. The fraction of sp³-hybridized carbons (Fsp3) is 0.250. The Labute approximate surface area is 123 Å². The van der Waals surface area contributed by atoms with Crippen molar-refractivity contribution < 1.29 is 14.0 Å². The first-order valence-corrected chi connectivity index (χ1v) is 6.79. The molecule has 0 saturated heterocycles. The third-order valence-corrected chi connectivity index (χ3v) is 2.96. The van der Waals surface area contributed by atoms with Crippen LogP contribution in [0, 0.1) is 6.92 Å². The summed E-state index contributed by atoms with van der Waals surface area (Å²) in [5.74, 6) is 0.403. The van der Waals surface area contributed by atoms with Crippen LogP contribution in [-0.2, 0) is 11.3 Å². The second kappa shape index (κ2) is 7.28. The van der Waals surface area contributed by atoms with Crippen LogP contribution in [0.5, 0.6) is 0 Å². The summed E-state index contributed by atoms with van der Waals surface area (Å²) in [6.45, 7) is 2.59. The highest BCUT2D eigenvalue weighted by molar-refractivity contribution is 5.94. The molecule has 0 radical (unpaired) electrons. The van der Waals surface area contributed by atoms with E-state index >= 15 is 0 Å². The Bertz CT molecular complexity index is 606. The van der Waals surface area contributed by atoms with Gasteiger partial charge in [-0.3, -0.25) is 9.59 Å². The van der Waals surface area contributed by atoms with Crippen molar-refractivity contribution in [2.45, 2.75) is 19.9 Å². The lowest BCUT2D eigenvalue weighted by atomic mass is 10.1. The maximum atomic E-state index is 11.9. The minimum absolute atomic E-state index is 0.129. The van der Waals surface area contributed by atoms with E-state index in [1.54, 1.807) is 24.5 Å². The number of furan rings is 1. The van der Waals surface area contributed by atoms with E-state index in [-0.39, 0.29) is 18.2 Å². The molecular formula is C16H18N2O3. The lowest BCUT2D eigenvalue weighted by Gasteiger charge is -2.06. The number of benzene rings is 1. The third-order valence-electron chi connectivity index (χ3n) is 2.96. The van der Waals surface area contributed by atoms with Crippen molar-refractivity contribution in [2.24, 2.45) is 0 Å². The number of carbonyl (C=O) groups excluding carboxylic acids is 2. The van der Waals surface area contributed by atoms with Gasteiger partial charge in [0.25, 0.3) is 5.91 Å². The first kappa shape index (κ1) is 14.8. The van der Waals surface area contributed by atoms with Gasteiger partial charge in [-0.1, -0.05) is 17.7 Å². The summed E-state index contributed by atoms with van der Waals surface area (Å²) in [5, 5.41) is 5.45. The number of aryl methyl sites for hydroxylation is 1. The van der Waals surface area contributed by atoms with Crippen LogP contribution >= 0.6 is 0 Å². The van der Waals surface area contributed by atoms with Crippen LogP contribution in [0.4, 0.5) is 0 Å². The molecule has 5 heteroatoms. The molecule has 0 atom stereocenters. The number of hydrogen-bond donors (Lipinski definition) is 2. The Hall–Kier alpha value is -2.56. The Morgan fingerprint density at radius 1 is 1.14 bits per heavy atom. The van der Waals surface area contributed by atoms with E-state index in [2.05, 4.69) is 10.6 Å². The molecule has 5 nitrogen and oxygen atoms in total. The van der Waals surface area contributed by atoms with Crippen molar-refractivity contribution >= 4 is 11.8 Å². The molecule has 2 amide bonds. The molecule has 2 rings (SSSR count). The molecule has 0 fully saturated rings. The Morgan fingerprint density at radius 2 is 2.00 bits per heavy atom. The van der Waals surface area contributed by atoms with E-state index in [0.717, 1.165) is 5.56 Å². The fourth-order valence-corrected chi connectivity index (χ4v) is 1.87. The van der Waals surface area contributed by atoms with Crippen LogP contribution in [0.2, 0.25) is 0 Å². The van der Waals surface area contributed by atoms with Crippen LogP contribution in [0.15, 0.2) is 47.1 Å². The second-order valence-electron chi connectivity index (χ2n) is 4.73. The van der Waals surface area contributed by atoms with Gasteiger partial charge in [0, 0.05) is 18.5 Å². The lowest BCUT2D eigenvalue weighted by Crippen LogP contribution is -2.30. The molecule has 21 heavy (non-hydrogen) atoms. The first-order chi connectivity index (χ1) is 10.1. The van der Waals surface area contributed by atoms with Crippen molar-refractivity contribution in [3.8, 4) is 0 Å². The van der Waals surface area contributed by atoms with Gasteiger partial charge in [0.1, 0.15) is 5.76 Å². The number of amides is 2. The average molecular weight is 286 g/mol. The molecule has 0 aliphatic heterocycles. The maximum absolute atomic E-state index is 11.9. The van der Waals surface area contributed by atoms with Gasteiger partial charge in [0.05, 0.1) is 12.8 Å². The van der Waals surface area contributed by atoms with Gasteiger partial charge < -0.3 is 15.1 Å². The van der Waals surface area contributed by atoms with Gasteiger partial charge in [0.15, 0.2) is 0 Å². The van der Waals surface area contributed by atoms with E-state index in [1.165, 1.54) is 0 Å². The van der Waals surface area contributed by atoms with E-state index in [4.69, 9.17) is 4.42 Å². The predicted molar refractivity (Wildman–Crippen MR) is 78.7 cm³/mol. The summed E-state index contributed by atoms with van der Waals surface area (Å²) in [7, 11) is 0. The van der Waals surface area contributed by atoms with Crippen LogP contribution in [0.1, 0.15) is 28.1 Å². The minimum Gasteiger partial charge on any atom is -0.467 e. The van der Waals surface area contributed by atoms with Gasteiger partial charge >= 0.3 is 0 Å². The average Bonchev–Trinajstić information content (AvgIpc) is 2.98. The van der Waals surface area contributed by atoms with Crippen molar-refractivity contribution in [3.63, 3.8) is 0 Å². The highest BCUT2D eigenvalue weighted by Gasteiger charge is 2.07. The monoisotopic (exact) mass is 286 g/mol. The molecule has 1 heterocycles. The van der Waals surface area contributed by atoms with Crippen LogP contribution in [-0.4, -0.2) is 18.4 Å². The van der Waals surface area contributed by atoms with Crippen molar-refractivity contribution in [1.29, 1.82) is 0 Å². The van der Waals surface area contributed by atoms with Crippen molar-refractivity contribution in [1.82, 2.24) is 10.6 Å². The standard InChI is InChI=1S/C16H18N2O3/c1-12-4-2-5-13(10-12)16(20)17-8-7-15(19)18-11-14-6-3-9-21-14/h2-6,9-10H,7-8,11H2,1H3,(H,17,20)(H,18,19). The molecular weight excluding hydrogens is 268 g/mol. The zero-order chi connectivity index (χ0) is 15.1. The Morgan fingerprint density at radius 3 is 2.71 bits per heavy atom. The molecule has 2 N–H and O–H groups in total. The summed E-state index contributed by atoms with van der Waals surface area (Å²) in [6.07, 6.45) is 1.79. The second-order valence-corrected chi connectivity index (χ2v) is 4.73. The summed E-state index contributed by atoms with van der Waals surface area (Å²) in [5.41, 5.74) is 1.63. The topological polar surface area (TPSA) is 71.3 Å². The first-order valence-electron chi connectivity index (χ1n) is 6.79. The molecule has 0 unspecified atom stereocenters. The highest BCUT2D eigenvalue weighted by atomic mass is 16.3. The molecule has 110 valence electrons. The summed E-state index contributed by atoms with van der Waals surface area (Å²) >= 11 is 0. The van der Waals surface area contributed by atoms with Gasteiger partial charge in [-0.2, -0.15) is 0 Å². The van der Waals surface area contributed by atoms with Gasteiger partial charge in [0.2, 0.25) is 5.91 Å². The van der Waals surface area contributed by atoms with E-state index in [0.29, 0.717) is 24.4 Å². The van der Waals surface area contributed by atoms with E-state index < -0.39 is 0 Å². The number of nitrogens with one attached hydrogen (secondary N) is 2. The van der Waals surface area contributed by atoms with Crippen LogP contribution in [0.25, 0.3) is 0 Å². The number of rotatable bonds is 6. The number of hydrogen-bond acceptors (Lipinski definition) is 3. The van der Waals surface area contributed by atoms with Crippen LogP contribution < -0.4 is 10.6 Å². The maximum Gasteiger partial charge on any atom is 0.251 e. The Kier molecular flexibility index (Phi) is 5.15. The lowest BCUT2D eigenvalue weighted by molar-refractivity contribution is -0.121. The fourth-order valence-electron chi connectivity index (χ4n) is 1.87. The van der Waals surface area contributed by atoms with E-state index in [1.807, 2.05) is 25.1 Å². The molecule has 2 aromatic rings. The minimum atomic E-state index is -0.169. The molecule has 0 saturated carbocycles. The summed E-state index contributed by atoms with van der Waals surface area (Å²) in [4.78, 5) is 23.5. The molecule has 0 aliphatic rings.